The number of hydrogen-bond acceptors (Lipinski definition) is 2. The van der Waals surface area contributed by atoms with Gasteiger partial charge in [-0.25, -0.2) is 0 Å². The molecule has 0 aliphatic carbocycles. The summed E-state index contributed by atoms with van der Waals surface area (Å²) in [5.41, 5.74) is 0.329. The summed E-state index contributed by atoms with van der Waals surface area (Å²) in [5, 5.41) is 3.67. The molecule has 0 bridgehead atoms. The Hall–Kier alpha value is -0.0800. The van der Waals surface area contributed by atoms with Gasteiger partial charge in [-0.15, -0.1) is 0 Å². The first-order valence-electron chi connectivity index (χ1n) is 5.70. The van der Waals surface area contributed by atoms with E-state index in [1.807, 2.05) is 0 Å². The lowest BCUT2D eigenvalue weighted by Gasteiger charge is -2.34. The molecule has 86 valence electrons. The first-order chi connectivity index (χ1) is 6.45. The first kappa shape index (κ1) is 13.9. The highest BCUT2D eigenvalue weighted by atomic mass is 16.5. The van der Waals surface area contributed by atoms with E-state index in [1.165, 1.54) is 6.42 Å². The Balaban J connectivity index is 4.14. The van der Waals surface area contributed by atoms with Crippen molar-refractivity contribution in [2.45, 2.75) is 59.5 Å². The molecule has 0 aromatic carbocycles. The monoisotopic (exact) mass is 201 g/mol. The maximum atomic E-state index is 5.19. The molecule has 0 heterocycles. The molecule has 1 N–H and O–H groups in total. The lowest BCUT2D eigenvalue weighted by Crippen LogP contribution is -2.46. The van der Waals surface area contributed by atoms with E-state index < -0.39 is 0 Å². The second kappa shape index (κ2) is 6.41. The molecule has 0 saturated heterocycles. The van der Waals surface area contributed by atoms with Gasteiger partial charge < -0.3 is 10.1 Å². The SMILES string of the molecule is CCC(COC)NC(CC)C(C)(C)C. The Morgan fingerprint density at radius 3 is 2.00 bits per heavy atom. The van der Waals surface area contributed by atoms with E-state index in [4.69, 9.17) is 4.74 Å². The Labute approximate surface area is 89.4 Å². The van der Waals surface area contributed by atoms with Gasteiger partial charge in [0.25, 0.3) is 0 Å². The highest BCUT2D eigenvalue weighted by molar-refractivity contribution is 4.82. The molecule has 0 aliphatic heterocycles. The van der Waals surface area contributed by atoms with Crippen LogP contribution in [0.1, 0.15) is 47.5 Å². The molecule has 14 heavy (non-hydrogen) atoms. The number of methoxy groups -OCH3 is 1. The van der Waals surface area contributed by atoms with Gasteiger partial charge in [0.15, 0.2) is 0 Å². The minimum atomic E-state index is 0.329. The molecule has 2 nitrogen and oxygen atoms in total. The lowest BCUT2D eigenvalue weighted by molar-refractivity contribution is 0.140. The molecule has 2 atom stereocenters. The van der Waals surface area contributed by atoms with Crippen LogP contribution in [0.15, 0.2) is 0 Å². The summed E-state index contributed by atoms with van der Waals surface area (Å²) in [6, 6.07) is 1.06. The summed E-state index contributed by atoms with van der Waals surface area (Å²) in [7, 11) is 1.77. The Morgan fingerprint density at radius 1 is 1.14 bits per heavy atom. The minimum Gasteiger partial charge on any atom is -0.383 e. The lowest BCUT2D eigenvalue weighted by atomic mass is 9.84. The molecule has 0 saturated carbocycles. The molecule has 0 aromatic rings. The van der Waals surface area contributed by atoms with Crippen molar-refractivity contribution in [1.29, 1.82) is 0 Å². The highest BCUT2D eigenvalue weighted by Crippen LogP contribution is 2.22. The van der Waals surface area contributed by atoms with Crippen LogP contribution in [0.3, 0.4) is 0 Å². The van der Waals surface area contributed by atoms with Gasteiger partial charge in [0.1, 0.15) is 0 Å². The van der Waals surface area contributed by atoms with Crippen LogP contribution in [-0.4, -0.2) is 25.8 Å². The molecule has 0 aliphatic rings. The van der Waals surface area contributed by atoms with Crippen molar-refractivity contribution in [2.24, 2.45) is 5.41 Å². The van der Waals surface area contributed by atoms with Crippen LogP contribution in [0, 0.1) is 5.41 Å². The van der Waals surface area contributed by atoms with E-state index in [-0.39, 0.29) is 0 Å². The van der Waals surface area contributed by atoms with E-state index in [9.17, 15) is 0 Å². The summed E-state index contributed by atoms with van der Waals surface area (Å²) in [6.45, 7) is 12.1. The van der Waals surface area contributed by atoms with Gasteiger partial charge in [-0.2, -0.15) is 0 Å². The third-order valence-electron chi connectivity index (χ3n) is 2.75. The summed E-state index contributed by atoms with van der Waals surface area (Å²) in [4.78, 5) is 0. The number of nitrogens with one attached hydrogen (secondary N) is 1. The normalized spacial score (nSPS) is 16.7. The van der Waals surface area contributed by atoms with Crippen molar-refractivity contribution in [1.82, 2.24) is 5.32 Å². The molecule has 0 spiro atoms. The quantitative estimate of drug-likeness (QED) is 0.713. The van der Waals surface area contributed by atoms with E-state index >= 15 is 0 Å². The Kier molecular flexibility index (Phi) is 6.38. The van der Waals surface area contributed by atoms with Gasteiger partial charge in [0, 0.05) is 19.2 Å². The zero-order valence-electron chi connectivity index (χ0n) is 10.7. The van der Waals surface area contributed by atoms with Crippen molar-refractivity contribution in [3.05, 3.63) is 0 Å². The molecule has 0 rings (SSSR count). The van der Waals surface area contributed by atoms with Gasteiger partial charge in [-0.05, 0) is 18.3 Å². The first-order valence-corrected chi connectivity index (χ1v) is 5.70. The van der Waals surface area contributed by atoms with E-state index in [1.54, 1.807) is 7.11 Å². The van der Waals surface area contributed by atoms with Crippen LogP contribution in [0.25, 0.3) is 0 Å². The van der Waals surface area contributed by atoms with Crippen LogP contribution >= 0.6 is 0 Å². The fourth-order valence-corrected chi connectivity index (χ4v) is 1.75. The van der Waals surface area contributed by atoms with Crippen molar-refractivity contribution in [3.63, 3.8) is 0 Å². The molecule has 2 unspecified atom stereocenters. The van der Waals surface area contributed by atoms with Gasteiger partial charge in [0.05, 0.1) is 6.61 Å². The van der Waals surface area contributed by atoms with Crippen molar-refractivity contribution < 1.29 is 4.74 Å². The zero-order chi connectivity index (χ0) is 11.2. The van der Waals surface area contributed by atoms with Gasteiger partial charge in [0.2, 0.25) is 0 Å². The second-order valence-electron chi connectivity index (χ2n) is 5.05. The highest BCUT2D eigenvalue weighted by Gasteiger charge is 2.24. The molecule has 0 amide bonds. The summed E-state index contributed by atoms with van der Waals surface area (Å²) in [5.74, 6) is 0. The van der Waals surface area contributed by atoms with E-state index in [2.05, 4.69) is 39.9 Å². The van der Waals surface area contributed by atoms with Crippen molar-refractivity contribution in [3.8, 4) is 0 Å². The standard InChI is InChI=1S/C12H27NO/c1-7-10(9-14-6)13-11(8-2)12(3,4)5/h10-11,13H,7-9H2,1-6H3. The fraction of sp³-hybridized carbons (Fsp3) is 1.00. The molecule has 2 heteroatoms. The van der Waals surface area contributed by atoms with Crippen LogP contribution in [0.2, 0.25) is 0 Å². The maximum Gasteiger partial charge on any atom is 0.0615 e. The molecule has 0 aromatic heterocycles. The van der Waals surface area contributed by atoms with Crippen molar-refractivity contribution in [2.75, 3.05) is 13.7 Å². The summed E-state index contributed by atoms with van der Waals surface area (Å²) >= 11 is 0. The van der Waals surface area contributed by atoms with Crippen molar-refractivity contribution >= 4 is 0 Å². The molecular formula is C12H27NO. The van der Waals surface area contributed by atoms with E-state index in [0.29, 0.717) is 17.5 Å². The van der Waals surface area contributed by atoms with Crippen LogP contribution < -0.4 is 5.32 Å². The Bertz CT molecular complexity index is 140. The second-order valence-corrected chi connectivity index (χ2v) is 5.05. The predicted octanol–water partition coefficient (Wildman–Crippen LogP) is 2.83. The third-order valence-corrected chi connectivity index (χ3v) is 2.75. The van der Waals surface area contributed by atoms with Gasteiger partial charge >= 0.3 is 0 Å². The third kappa shape index (κ3) is 4.97. The minimum absolute atomic E-state index is 0.329. The average molecular weight is 201 g/mol. The summed E-state index contributed by atoms with van der Waals surface area (Å²) < 4.78 is 5.19. The number of hydrogen-bond donors (Lipinski definition) is 1. The molecule has 0 fully saturated rings. The van der Waals surface area contributed by atoms with Crippen LogP contribution in [0.5, 0.6) is 0 Å². The Morgan fingerprint density at radius 2 is 1.71 bits per heavy atom. The van der Waals surface area contributed by atoms with Gasteiger partial charge in [-0.1, -0.05) is 34.6 Å². The number of rotatable bonds is 6. The van der Waals surface area contributed by atoms with Crippen LogP contribution in [-0.2, 0) is 4.74 Å². The largest absolute Gasteiger partial charge is 0.383 e. The molecule has 0 radical (unpaired) electrons. The van der Waals surface area contributed by atoms with Crippen LogP contribution in [0.4, 0.5) is 0 Å². The van der Waals surface area contributed by atoms with E-state index in [0.717, 1.165) is 13.0 Å². The smallest absolute Gasteiger partial charge is 0.0615 e. The maximum absolute atomic E-state index is 5.19. The summed E-state index contributed by atoms with van der Waals surface area (Å²) in [6.07, 6.45) is 2.30. The zero-order valence-corrected chi connectivity index (χ0v) is 10.7. The average Bonchev–Trinajstić information content (AvgIpc) is 2.10. The predicted molar refractivity (Wildman–Crippen MR) is 62.6 cm³/mol. The topological polar surface area (TPSA) is 21.3 Å². The fourth-order valence-electron chi connectivity index (χ4n) is 1.75. The molecular weight excluding hydrogens is 174 g/mol. The number of ether oxygens (including phenoxy) is 1. The van der Waals surface area contributed by atoms with Gasteiger partial charge in [-0.3, -0.25) is 0 Å².